The second-order valence-electron chi connectivity index (χ2n) is 5.29. The molecule has 0 bridgehead atoms. The van der Waals surface area contributed by atoms with Gasteiger partial charge in [0, 0.05) is 25.3 Å². The Morgan fingerprint density at radius 2 is 2.24 bits per heavy atom. The number of nitrogens with two attached hydrogens (primary N) is 1. The molecule has 7 nitrogen and oxygen atoms in total. The number of sulfonamides is 1. The van der Waals surface area contributed by atoms with Crippen LogP contribution in [0.15, 0.2) is 23.2 Å². The zero-order valence-electron chi connectivity index (χ0n) is 12.5. The molecule has 0 radical (unpaired) electrons. The fraction of sp³-hybridized carbons (Fsp3) is 0.615. The quantitative estimate of drug-likeness (QED) is 0.620. The molecule has 1 aliphatic heterocycles. The number of likely N-dealkylation sites (N-methyl/N-ethyl adjacent to an activating group) is 1. The van der Waals surface area contributed by atoms with Crippen LogP contribution in [0.5, 0.6) is 0 Å². The lowest BCUT2D eigenvalue weighted by Gasteiger charge is -2.29. The first kappa shape index (κ1) is 16.2. The first-order valence-electron chi connectivity index (χ1n) is 7.12. The van der Waals surface area contributed by atoms with E-state index in [4.69, 9.17) is 5.84 Å². The molecule has 0 amide bonds. The predicted molar refractivity (Wildman–Crippen MR) is 82.1 cm³/mol. The van der Waals surface area contributed by atoms with Gasteiger partial charge in [-0.1, -0.05) is 6.92 Å². The van der Waals surface area contributed by atoms with Crippen LogP contribution in [0.4, 0.5) is 5.82 Å². The Bertz CT molecular complexity index is 578. The van der Waals surface area contributed by atoms with Crippen molar-refractivity contribution in [2.45, 2.75) is 30.7 Å². The highest BCUT2D eigenvalue weighted by Crippen LogP contribution is 2.26. The van der Waals surface area contributed by atoms with Gasteiger partial charge in [-0.25, -0.2) is 19.2 Å². The van der Waals surface area contributed by atoms with Crippen LogP contribution in [-0.4, -0.2) is 55.3 Å². The summed E-state index contributed by atoms with van der Waals surface area (Å²) in [7, 11) is -1.59. The van der Waals surface area contributed by atoms with E-state index in [0.29, 0.717) is 6.54 Å². The lowest BCUT2D eigenvalue weighted by Crippen LogP contribution is -2.43. The van der Waals surface area contributed by atoms with Crippen LogP contribution >= 0.6 is 0 Å². The zero-order chi connectivity index (χ0) is 15.5. The van der Waals surface area contributed by atoms with Gasteiger partial charge in [-0.05, 0) is 38.6 Å². The van der Waals surface area contributed by atoms with Crippen molar-refractivity contribution >= 4 is 15.8 Å². The Morgan fingerprint density at radius 1 is 1.48 bits per heavy atom. The van der Waals surface area contributed by atoms with Crippen molar-refractivity contribution in [1.29, 1.82) is 0 Å². The van der Waals surface area contributed by atoms with Gasteiger partial charge in [-0.3, -0.25) is 0 Å². The van der Waals surface area contributed by atoms with E-state index in [1.54, 1.807) is 16.4 Å². The van der Waals surface area contributed by atoms with E-state index in [1.165, 1.54) is 6.20 Å². The summed E-state index contributed by atoms with van der Waals surface area (Å²) in [6, 6.07) is 3.12. The minimum Gasteiger partial charge on any atom is -0.307 e. The standard InChI is InChI=1S/C13H23N5O2S/c1-3-11-10-17(2)8-5-9-18(11)21(19,20)12-6-4-7-15-13(12)16-14/h4,6-7,11H,3,5,8-10,14H2,1-2H3,(H,15,16). The van der Waals surface area contributed by atoms with Gasteiger partial charge in [0.15, 0.2) is 5.82 Å². The lowest BCUT2D eigenvalue weighted by atomic mass is 10.2. The molecule has 0 saturated carbocycles. The van der Waals surface area contributed by atoms with Crippen LogP contribution in [0.25, 0.3) is 0 Å². The van der Waals surface area contributed by atoms with Crippen molar-refractivity contribution in [3.8, 4) is 0 Å². The topological polar surface area (TPSA) is 91.6 Å². The summed E-state index contributed by atoms with van der Waals surface area (Å²) in [4.78, 5) is 6.31. The van der Waals surface area contributed by atoms with Gasteiger partial charge >= 0.3 is 0 Å². The Hall–Kier alpha value is -1.22. The second kappa shape index (κ2) is 6.69. The molecular formula is C13H23N5O2S. The van der Waals surface area contributed by atoms with E-state index < -0.39 is 10.0 Å². The highest BCUT2D eigenvalue weighted by molar-refractivity contribution is 7.89. The van der Waals surface area contributed by atoms with Crippen molar-refractivity contribution in [1.82, 2.24) is 14.2 Å². The maximum Gasteiger partial charge on any atom is 0.247 e. The van der Waals surface area contributed by atoms with Crippen LogP contribution in [0.3, 0.4) is 0 Å². The first-order chi connectivity index (χ1) is 10.0. The highest BCUT2D eigenvalue weighted by atomic mass is 32.2. The number of nitrogens with zero attached hydrogens (tertiary/aromatic N) is 3. The molecule has 0 aromatic carbocycles. The molecule has 0 aliphatic carbocycles. The molecule has 0 spiro atoms. The molecule has 118 valence electrons. The third-order valence-electron chi connectivity index (χ3n) is 3.81. The summed E-state index contributed by atoms with van der Waals surface area (Å²) >= 11 is 0. The Balaban J connectivity index is 2.41. The molecule has 1 saturated heterocycles. The van der Waals surface area contributed by atoms with E-state index in [9.17, 15) is 8.42 Å². The van der Waals surface area contributed by atoms with Gasteiger partial charge in [0.1, 0.15) is 4.90 Å². The summed E-state index contributed by atoms with van der Waals surface area (Å²) in [6.45, 7) is 4.17. The molecule has 2 heterocycles. The second-order valence-corrected chi connectivity index (χ2v) is 7.15. The van der Waals surface area contributed by atoms with Gasteiger partial charge in [-0.15, -0.1) is 0 Å². The first-order valence-corrected chi connectivity index (χ1v) is 8.56. The predicted octanol–water partition coefficient (Wildman–Crippen LogP) is 0.472. The molecule has 3 N–H and O–H groups in total. The lowest BCUT2D eigenvalue weighted by molar-refractivity contribution is 0.270. The van der Waals surface area contributed by atoms with Crippen LogP contribution in [0, 0.1) is 0 Å². The van der Waals surface area contributed by atoms with Crippen molar-refractivity contribution in [2.75, 3.05) is 32.1 Å². The smallest absolute Gasteiger partial charge is 0.247 e. The van der Waals surface area contributed by atoms with E-state index in [2.05, 4.69) is 15.3 Å². The molecule has 1 aliphatic rings. The largest absolute Gasteiger partial charge is 0.307 e. The van der Waals surface area contributed by atoms with Crippen LogP contribution < -0.4 is 11.3 Å². The van der Waals surface area contributed by atoms with Crippen molar-refractivity contribution < 1.29 is 8.42 Å². The maximum absolute atomic E-state index is 13.0. The van der Waals surface area contributed by atoms with Crippen molar-refractivity contribution in [2.24, 2.45) is 5.84 Å². The van der Waals surface area contributed by atoms with Gasteiger partial charge in [0.2, 0.25) is 10.0 Å². The van der Waals surface area contributed by atoms with Gasteiger partial charge < -0.3 is 10.3 Å². The number of nitrogen functional groups attached to an aromatic ring is 1. The fourth-order valence-electron chi connectivity index (χ4n) is 2.70. The van der Waals surface area contributed by atoms with E-state index in [0.717, 1.165) is 25.9 Å². The van der Waals surface area contributed by atoms with E-state index in [-0.39, 0.29) is 16.8 Å². The van der Waals surface area contributed by atoms with Crippen LogP contribution in [0.2, 0.25) is 0 Å². The minimum atomic E-state index is -3.61. The summed E-state index contributed by atoms with van der Waals surface area (Å²) in [5, 5.41) is 0. The van der Waals surface area contributed by atoms with Crippen molar-refractivity contribution in [3.63, 3.8) is 0 Å². The third-order valence-corrected chi connectivity index (χ3v) is 5.80. The number of anilines is 1. The molecule has 1 aromatic heterocycles. The SMILES string of the molecule is CCC1CN(C)CCCN1S(=O)(=O)c1cccnc1NN. The summed E-state index contributed by atoms with van der Waals surface area (Å²) < 4.78 is 27.5. The van der Waals surface area contributed by atoms with E-state index in [1.807, 2.05) is 14.0 Å². The summed E-state index contributed by atoms with van der Waals surface area (Å²) in [5.74, 6) is 5.58. The van der Waals surface area contributed by atoms with Gasteiger partial charge in [0.25, 0.3) is 0 Å². The molecule has 21 heavy (non-hydrogen) atoms. The Morgan fingerprint density at radius 3 is 2.90 bits per heavy atom. The molecule has 1 unspecified atom stereocenters. The van der Waals surface area contributed by atoms with Crippen LogP contribution in [-0.2, 0) is 10.0 Å². The minimum absolute atomic E-state index is 0.0340. The number of hydrogen-bond donors (Lipinski definition) is 2. The molecule has 1 aromatic rings. The van der Waals surface area contributed by atoms with Gasteiger partial charge in [0.05, 0.1) is 0 Å². The average Bonchev–Trinajstić information content (AvgIpc) is 2.68. The fourth-order valence-corrected chi connectivity index (χ4v) is 4.54. The molecule has 2 rings (SSSR count). The summed E-state index contributed by atoms with van der Waals surface area (Å²) in [5.41, 5.74) is 2.37. The number of hydrazine groups is 1. The number of pyridine rings is 1. The molecule has 8 heteroatoms. The zero-order valence-corrected chi connectivity index (χ0v) is 13.3. The van der Waals surface area contributed by atoms with E-state index >= 15 is 0 Å². The van der Waals surface area contributed by atoms with Crippen LogP contribution in [0.1, 0.15) is 19.8 Å². The number of nitrogens with one attached hydrogen (secondary N) is 1. The highest BCUT2D eigenvalue weighted by Gasteiger charge is 2.34. The molecule has 1 atom stereocenters. The third kappa shape index (κ3) is 3.34. The Labute approximate surface area is 126 Å². The van der Waals surface area contributed by atoms with Crippen molar-refractivity contribution in [3.05, 3.63) is 18.3 Å². The monoisotopic (exact) mass is 313 g/mol. The molecule has 1 fully saturated rings. The maximum atomic E-state index is 13.0. The molecular weight excluding hydrogens is 290 g/mol. The summed E-state index contributed by atoms with van der Waals surface area (Å²) in [6.07, 6.45) is 3.11. The van der Waals surface area contributed by atoms with Gasteiger partial charge in [-0.2, -0.15) is 4.31 Å². The number of rotatable bonds is 4. The number of aromatic nitrogens is 1. The Kier molecular flexibility index (Phi) is 5.15. The number of hydrogen-bond acceptors (Lipinski definition) is 6. The normalized spacial score (nSPS) is 22.0. The average molecular weight is 313 g/mol.